The fraction of sp³-hybridized carbons (Fsp3) is 0.200. The smallest absolute Gasteiger partial charge is 0.322 e. The van der Waals surface area contributed by atoms with Crippen LogP contribution >= 0.6 is 0 Å². The minimum atomic E-state index is -0.441. The first kappa shape index (κ1) is 18.0. The van der Waals surface area contributed by atoms with Crippen molar-refractivity contribution in [2.45, 2.75) is 13.0 Å². The standard InChI is InChI=1S/C20H18F2N4O2/c1-28-16-5-12(4-15(21)7-16)9-23-20(27)26-3-2-13-6-17(14-10-24-25-11-14)18(22)8-19(13)26/h4-8,10-11H,2-3,9H2,1H3,(H,23,27)(H,24,25). The van der Waals surface area contributed by atoms with Gasteiger partial charge in [-0.2, -0.15) is 5.10 Å². The minimum Gasteiger partial charge on any atom is -0.497 e. The second-order valence-corrected chi connectivity index (χ2v) is 6.51. The van der Waals surface area contributed by atoms with Crippen molar-refractivity contribution in [2.24, 2.45) is 0 Å². The van der Waals surface area contributed by atoms with Crippen molar-refractivity contribution in [3.05, 3.63) is 65.5 Å². The molecule has 2 amide bonds. The molecule has 0 atom stereocenters. The normalized spacial score (nSPS) is 12.8. The van der Waals surface area contributed by atoms with Gasteiger partial charge in [0.15, 0.2) is 0 Å². The first-order valence-electron chi connectivity index (χ1n) is 8.75. The zero-order valence-corrected chi connectivity index (χ0v) is 15.1. The summed E-state index contributed by atoms with van der Waals surface area (Å²) in [5.41, 5.74) is 3.11. The summed E-state index contributed by atoms with van der Waals surface area (Å²) in [4.78, 5) is 14.1. The van der Waals surface area contributed by atoms with Gasteiger partial charge in [0.25, 0.3) is 0 Å². The maximum Gasteiger partial charge on any atom is 0.322 e. The topological polar surface area (TPSA) is 70.2 Å². The number of fused-ring (bicyclic) bond motifs is 1. The van der Waals surface area contributed by atoms with Crippen LogP contribution in [0, 0.1) is 11.6 Å². The summed E-state index contributed by atoms with van der Waals surface area (Å²) in [6.45, 7) is 0.580. The number of methoxy groups -OCH3 is 1. The number of halogens is 2. The lowest BCUT2D eigenvalue weighted by Crippen LogP contribution is -2.38. The SMILES string of the molecule is COc1cc(F)cc(CNC(=O)N2CCc3cc(-c4cn[nH]c4)c(F)cc32)c1. The molecule has 0 bridgehead atoms. The van der Waals surface area contributed by atoms with E-state index in [1.807, 2.05) is 0 Å². The van der Waals surface area contributed by atoms with Crippen LogP contribution in [0.1, 0.15) is 11.1 Å². The number of nitrogens with one attached hydrogen (secondary N) is 2. The number of aromatic nitrogens is 2. The van der Waals surface area contributed by atoms with Gasteiger partial charge in [0.1, 0.15) is 17.4 Å². The van der Waals surface area contributed by atoms with Crippen molar-refractivity contribution < 1.29 is 18.3 Å². The molecular formula is C20H18F2N4O2. The highest BCUT2D eigenvalue weighted by Crippen LogP contribution is 2.34. The lowest BCUT2D eigenvalue weighted by molar-refractivity contribution is 0.246. The summed E-state index contributed by atoms with van der Waals surface area (Å²) < 4.78 is 33.2. The molecule has 0 saturated heterocycles. The summed E-state index contributed by atoms with van der Waals surface area (Å²) in [5.74, 6) is -0.483. The number of amides is 2. The average molecular weight is 384 g/mol. The van der Waals surface area contributed by atoms with E-state index in [0.717, 1.165) is 5.56 Å². The van der Waals surface area contributed by atoms with Gasteiger partial charge in [-0.05, 0) is 41.8 Å². The number of carbonyl (C=O) groups is 1. The van der Waals surface area contributed by atoms with E-state index in [4.69, 9.17) is 4.74 Å². The Morgan fingerprint density at radius 3 is 2.89 bits per heavy atom. The molecule has 1 aliphatic heterocycles. The van der Waals surface area contributed by atoms with Crippen LogP contribution in [-0.2, 0) is 13.0 Å². The average Bonchev–Trinajstić information content (AvgIpc) is 3.34. The molecule has 28 heavy (non-hydrogen) atoms. The molecule has 1 aromatic heterocycles. The number of benzene rings is 2. The Hall–Kier alpha value is -3.42. The first-order valence-corrected chi connectivity index (χ1v) is 8.75. The second kappa shape index (κ2) is 7.30. The molecule has 3 aromatic rings. The molecule has 6 nitrogen and oxygen atoms in total. The molecule has 144 valence electrons. The Labute approximate surface area is 160 Å². The maximum absolute atomic E-state index is 14.6. The summed E-state index contributed by atoms with van der Waals surface area (Å²) in [6.07, 6.45) is 3.80. The van der Waals surface area contributed by atoms with Crippen LogP contribution in [0.15, 0.2) is 42.7 Å². The zero-order chi connectivity index (χ0) is 19.7. The van der Waals surface area contributed by atoms with Gasteiger partial charge in [0.05, 0.1) is 19.0 Å². The molecule has 0 saturated carbocycles. The van der Waals surface area contributed by atoms with Crippen LogP contribution in [-0.4, -0.2) is 29.9 Å². The Morgan fingerprint density at radius 2 is 2.14 bits per heavy atom. The number of carbonyl (C=O) groups excluding carboxylic acids is 1. The molecule has 0 unspecified atom stereocenters. The Morgan fingerprint density at radius 1 is 1.29 bits per heavy atom. The van der Waals surface area contributed by atoms with Crippen molar-refractivity contribution in [3.63, 3.8) is 0 Å². The van der Waals surface area contributed by atoms with E-state index in [2.05, 4.69) is 15.5 Å². The molecule has 0 fully saturated rings. The van der Waals surface area contributed by atoms with Crippen molar-refractivity contribution in [3.8, 4) is 16.9 Å². The summed E-state index contributed by atoms with van der Waals surface area (Å²) >= 11 is 0. The molecule has 4 rings (SSSR count). The molecule has 1 aliphatic rings. The highest BCUT2D eigenvalue weighted by atomic mass is 19.1. The van der Waals surface area contributed by atoms with E-state index in [-0.39, 0.29) is 12.6 Å². The van der Waals surface area contributed by atoms with Crippen LogP contribution in [0.3, 0.4) is 0 Å². The van der Waals surface area contributed by atoms with E-state index < -0.39 is 11.6 Å². The van der Waals surface area contributed by atoms with Gasteiger partial charge >= 0.3 is 6.03 Å². The van der Waals surface area contributed by atoms with Crippen LogP contribution in [0.5, 0.6) is 5.75 Å². The van der Waals surface area contributed by atoms with Gasteiger partial charge in [-0.3, -0.25) is 10.00 Å². The lowest BCUT2D eigenvalue weighted by Gasteiger charge is -2.19. The number of aromatic amines is 1. The van der Waals surface area contributed by atoms with Gasteiger partial charge in [0, 0.05) is 36.5 Å². The van der Waals surface area contributed by atoms with Crippen molar-refractivity contribution in [1.29, 1.82) is 0 Å². The monoisotopic (exact) mass is 384 g/mol. The molecule has 0 radical (unpaired) electrons. The van der Waals surface area contributed by atoms with E-state index in [0.29, 0.717) is 41.1 Å². The van der Waals surface area contributed by atoms with Gasteiger partial charge in [-0.25, -0.2) is 13.6 Å². The van der Waals surface area contributed by atoms with Crippen molar-refractivity contribution >= 4 is 11.7 Å². The Bertz CT molecular complexity index is 1020. The number of hydrogen-bond donors (Lipinski definition) is 2. The third-order valence-electron chi connectivity index (χ3n) is 4.73. The fourth-order valence-electron chi connectivity index (χ4n) is 3.36. The Balaban J connectivity index is 1.50. The summed E-state index contributed by atoms with van der Waals surface area (Å²) in [6, 6.07) is 7.01. The zero-order valence-electron chi connectivity index (χ0n) is 15.1. The summed E-state index contributed by atoms with van der Waals surface area (Å²) in [5, 5.41) is 9.26. The van der Waals surface area contributed by atoms with Gasteiger partial charge in [0.2, 0.25) is 0 Å². The van der Waals surface area contributed by atoms with Crippen LogP contribution < -0.4 is 15.0 Å². The largest absolute Gasteiger partial charge is 0.497 e. The number of hydrogen-bond acceptors (Lipinski definition) is 3. The molecule has 8 heteroatoms. The number of ether oxygens (including phenoxy) is 1. The second-order valence-electron chi connectivity index (χ2n) is 6.51. The van der Waals surface area contributed by atoms with Crippen LogP contribution in [0.4, 0.5) is 19.3 Å². The molecular weight excluding hydrogens is 366 g/mol. The first-order chi connectivity index (χ1) is 13.5. The maximum atomic E-state index is 14.6. The molecule has 2 aromatic carbocycles. The number of urea groups is 1. The third-order valence-corrected chi connectivity index (χ3v) is 4.73. The number of rotatable bonds is 4. The molecule has 0 spiro atoms. The lowest BCUT2D eigenvalue weighted by atomic mass is 10.0. The van der Waals surface area contributed by atoms with Crippen LogP contribution in [0.2, 0.25) is 0 Å². The van der Waals surface area contributed by atoms with Gasteiger partial charge in [-0.15, -0.1) is 0 Å². The van der Waals surface area contributed by atoms with Gasteiger partial charge < -0.3 is 10.1 Å². The van der Waals surface area contributed by atoms with Gasteiger partial charge in [-0.1, -0.05) is 0 Å². The van der Waals surface area contributed by atoms with E-state index in [1.165, 1.54) is 30.2 Å². The highest BCUT2D eigenvalue weighted by molar-refractivity contribution is 5.94. The number of nitrogens with zero attached hydrogens (tertiary/aromatic N) is 2. The number of anilines is 1. The predicted molar refractivity (Wildman–Crippen MR) is 100 cm³/mol. The molecule has 0 aliphatic carbocycles. The number of H-pyrrole nitrogens is 1. The highest BCUT2D eigenvalue weighted by Gasteiger charge is 2.26. The van der Waals surface area contributed by atoms with E-state index >= 15 is 0 Å². The minimum absolute atomic E-state index is 0.133. The van der Waals surface area contributed by atoms with Crippen molar-refractivity contribution in [2.75, 3.05) is 18.6 Å². The quantitative estimate of drug-likeness (QED) is 0.722. The van der Waals surface area contributed by atoms with E-state index in [9.17, 15) is 13.6 Å². The van der Waals surface area contributed by atoms with E-state index in [1.54, 1.807) is 24.5 Å². The summed E-state index contributed by atoms with van der Waals surface area (Å²) in [7, 11) is 1.45. The van der Waals surface area contributed by atoms with Crippen molar-refractivity contribution in [1.82, 2.24) is 15.5 Å². The molecule has 2 N–H and O–H groups in total. The Kier molecular flexibility index (Phi) is 4.68. The fourth-order valence-corrected chi connectivity index (χ4v) is 3.36. The predicted octanol–water partition coefficient (Wildman–Crippen LogP) is 3.64. The third kappa shape index (κ3) is 3.40. The molecule has 2 heterocycles. The van der Waals surface area contributed by atoms with Crippen LogP contribution in [0.25, 0.3) is 11.1 Å².